The first-order valence-electron chi connectivity index (χ1n) is 9.21. The number of anilines is 1. The van der Waals surface area contributed by atoms with Crippen molar-refractivity contribution in [2.75, 3.05) is 25.2 Å². The maximum atomic E-state index is 13.0. The highest BCUT2D eigenvalue weighted by Gasteiger charge is 2.45. The van der Waals surface area contributed by atoms with Gasteiger partial charge in [0.1, 0.15) is 18.2 Å². The van der Waals surface area contributed by atoms with Crippen LogP contribution in [0.2, 0.25) is 0 Å². The normalized spacial score (nSPS) is 15.3. The molecule has 0 fully saturated rings. The van der Waals surface area contributed by atoms with Gasteiger partial charge in [-0.15, -0.1) is 0 Å². The molecule has 0 atom stereocenters. The van der Waals surface area contributed by atoms with Gasteiger partial charge in [0.2, 0.25) is 5.91 Å². The van der Waals surface area contributed by atoms with Gasteiger partial charge in [0.05, 0.1) is 23.9 Å². The number of amides is 1. The Morgan fingerprint density at radius 1 is 1.29 bits per heavy atom. The largest absolute Gasteiger partial charge is 0.379 e. The second-order valence-electron chi connectivity index (χ2n) is 7.28. The number of carbonyl (C=O) groups excluding carboxylic acids is 1. The Morgan fingerprint density at radius 3 is 2.68 bits per heavy atom. The quantitative estimate of drug-likeness (QED) is 0.454. The van der Waals surface area contributed by atoms with E-state index in [1.54, 1.807) is 31.8 Å². The third kappa shape index (κ3) is 3.72. The number of nitrogens with zero attached hydrogens (tertiary/aromatic N) is 3. The van der Waals surface area contributed by atoms with Gasteiger partial charge in [0.25, 0.3) is 0 Å². The molecule has 0 saturated carbocycles. The number of carbonyl (C=O) groups is 1. The molecule has 0 radical (unpaired) electrons. The monoisotopic (exact) mass is 380 g/mol. The predicted molar refractivity (Wildman–Crippen MR) is 108 cm³/mol. The SMILES string of the molecule is COCC[NH2+]C=CC(=N)N1C(=O)C(C)(C)c2ccc(-c3cnc(C)nc3)cc21. The van der Waals surface area contributed by atoms with Crippen molar-refractivity contribution in [1.29, 1.82) is 5.41 Å². The zero-order chi connectivity index (χ0) is 20.3. The molecule has 2 aromatic rings. The topological polar surface area (TPSA) is 95.8 Å². The summed E-state index contributed by atoms with van der Waals surface area (Å²) in [4.78, 5) is 23.0. The number of nitrogens with two attached hydrogens (primary N) is 1. The lowest BCUT2D eigenvalue weighted by Gasteiger charge is -2.19. The molecule has 0 saturated heterocycles. The van der Waals surface area contributed by atoms with Crippen molar-refractivity contribution in [3.63, 3.8) is 0 Å². The van der Waals surface area contributed by atoms with Crippen molar-refractivity contribution < 1.29 is 14.8 Å². The number of amidine groups is 1. The maximum absolute atomic E-state index is 13.0. The zero-order valence-corrected chi connectivity index (χ0v) is 16.7. The van der Waals surface area contributed by atoms with E-state index in [4.69, 9.17) is 10.1 Å². The molecule has 1 amide bonds. The number of ether oxygens (including phenoxy) is 1. The van der Waals surface area contributed by atoms with E-state index in [-0.39, 0.29) is 11.7 Å². The Bertz CT molecular complexity index is 919. The van der Waals surface area contributed by atoms with Crippen molar-refractivity contribution in [3.8, 4) is 11.1 Å². The highest BCUT2D eigenvalue weighted by molar-refractivity contribution is 6.26. The molecule has 1 aliphatic heterocycles. The highest BCUT2D eigenvalue weighted by atomic mass is 16.5. The van der Waals surface area contributed by atoms with Crippen LogP contribution in [-0.2, 0) is 14.9 Å². The average Bonchev–Trinajstić information content (AvgIpc) is 2.87. The number of aromatic nitrogens is 2. The van der Waals surface area contributed by atoms with Crippen LogP contribution in [0.1, 0.15) is 25.2 Å². The van der Waals surface area contributed by atoms with Gasteiger partial charge in [-0.2, -0.15) is 0 Å². The molecule has 2 heterocycles. The minimum absolute atomic E-state index is 0.105. The van der Waals surface area contributed by atoms with Gasteiger partial charge in [0, 0.05) is 31.1 Å². The second kappa shape index (κ2) is 8.00. The van der Waals surface area contributed by atoms with Crippen LogP contribution in [0.15, 0.2) is 42.9 Å². The molecule has 1 aliphatic rings. The molecule has 0 aliphatic carbocycles. The number of fused-ring (bicyclic) bond motifs is 1. The molecule has 0 unspecified atom stereocenters. The Labute approximate surface area is 165 Å². The van der Waals surface area contributed by atoms with E-state index in [1.807, 2.05) is 44.3 Å². The first-order chi connectivity index (χ1) is 13.4. The third-order valence-electron chi connectivity index (χ3n) is 4.88. The molecular formula is C21H26N5O2+. The molecular weight excluding hydrogens is 354 g/mol. The standard InChI is InChI=1S/C21H25N5O2/c1-14-24-12-16(13-25-14)15-5-6-17-18(11-15)26(20(27)21(17,2)3)19(22)7-8-23-9-10-28-4/h5-8,11-13,22-23H,9-10H2,1-4H3/p+1. The molecule has 3 N–H and O–H groups in total. The Kier molecular flexibility index (Phi) is 5.67. The average molecular weight is 380 g/mol. The van der Waals surface area contributed by atoms with E-state index in [9.17, 15) is 4.79 Å². The Balaban J connectivity index is 1.93. The molecule has 7 nitrogen and oxygen atoms in total. The van der Waals surface area contributed by atoms with Gasteiger partial charge in [0.15, 0.2) is 0 Å². The number of aryl methyl sites for hydroxylation is 1. The van der Waals surface area contributed by atoms with E-state index in [0.717, 1.165) is 28.9 Å². The molecule has 28 heavy (non-hydrogen) atoms. The van der Waals surface area contributed by atoms with Gasteiger partial charge in [-0.25, -0.2) is 9.97 Å². The van der Waals surface area contributed by atoms with Gasteiger partial charge in [-0.3, -0.25) is 15.1 Å². The maximum Gasteiger partial charge on any atom is 0.242 e. The lowest BCUT2D eigenvalue weighted by Crippen LogP contribution is -2.79. The van der Waals surface area contributed by atoms with Crippen molar-refractivity contribution in [2.24, 2.45) is 0 Å². The van der Waals surface area contributed by atoms with E-state index in [1.165, 1.54) is 4.90 Å². The van der Waals surface area contributed by atoms with Crippen LogP contribution >= 0.6 is 0 Å². The summed E-state index contributed by atoms with van der Waals surface area (Å²) in [6.07, 6.45) is 6.97. The first-order valence-corrected chi connectivity index (χ1v) is 9.21. The van der Waals surface area contributed by atoms with Crippen LogP contribution in [0.25, 0.3) is 11.1 Å². The van der Waals surface area contributed by atoms with Crippen LogP contribution < -0.4 is 10.2 Å². The van der Waals surface area contributed by atoms with Crippen molar-refractivity contribution in [3.05, 3.63) is 54.3 Å². The highest BCUT2D eigenvalue weighted by Crippen LogP contribution is 2.43. The summed E-state index contributed by atoms with van der Waals surface area (Å²) in [7, 11) is 1.65. The summed E-state index contributed by atoms with van der Waals surface area (Å²) < 4.78 is 5.01. The second-order valence-corrected chi connectivity index (χ2v) is 7.28. The molecule has 1 aromatic carbocycles. The Hall–Kier alpha value is -2.90. The minimum atomic E-state index is -0.683. The van der Waals surface area contributed by atoms with Crippen molar-refractivity contribution in [2.45, 2.75) is 26.2 Å². The summed E-state index contributed by atoms with van der Waals surface area (Å²) >= 11 is 0. The van der Waals surface area contributed by atoms with Crippen LogP contribution in [-0.4, -0.2) is 42.0 Å². The number of methoxy groups -OCH3 is 1. The molecule has 3 rings (SSSR count). The summed E-state index contributed by atoms with van der Waals surface area (Å²) in [5.74, 6) is 0.744. The van der Waals surface area contributed by atoms with E-state index >= 15 is 0 Å². The fraction of sp³-hybridized carbons (Fsp3) is 0.333. The predicted octanol–water partition coefficient (Wildman–Crippen LogP) is 1.78. The van der Waals surface area contributed by atoms with E-state index < -0.39 is 5.41 Å². The molecule has 146 valence electrons. The zero-order valence-electron chi connectivity index (χ0n) is 16.7. The van der Waals surface area contributed by atoms with Gasteiger partial charge < -0.3 is 10.1 Å². The van der Waals surface area contributed by atoms with Gasteiger partial charge >= 0.3 is 0 Å². The van der Waals surface area contributed by atoms with Crippen LogP contribution in [0, 0.1) is 12.3 Å². The van der Waals surface area contributed by atoms with E-state index in [2.05, 4.69) is 9.97 Å². The number of nitrogens with one attached hydrogen (secondary N) is 1. The van der Waals surface area contributed by atoms with Crippen LogP contribution in [0.3, 0.4) is 0 Å². The number of rotatable bonds is 6. The van der Waals surface area contributed by atoms with Crippen molar-refractivity contribution >= 4 is 17.4 Å². The minimum Gasteiger partial charge on any atom is -0.379 e. The molecule has 0 bridgehead atoms. The number of hydrogen-bond donors (Lipinski definition) is 2. The molecule has 1 aromatic heterocycles. The van der Waals surface area contributed by atoms with Crippen molar-refractivity contribution in [1.82, 2.24) is 9.97 Å². The number of benzene rings is 1. The van der Waals surface area contributed by atoms with E-state index in [0.29, 0.717) is 12.4 Å². The number of quaternary nitrogens is 1. The van der Waals surface area contributed by atoms with Gasteiger partial charge in [-0.1, -0.05) is 12.1 Å². The fourth-order valence-corrected chi connectivity index (χ4v) is 3.23. The summed E-state index contributed by atoms with van der Waals surface area (Å²) in [6.45, 7) is 7.01. The van der Waals surface area contributed by atoms with Crippen LogP contribution in [0.4, 0.5) is 5.69 Å². The number of hydrogen-bond acceptors (Lipinski definition) is 5. The summed E-state index contributed by atoms with van der Waals surface area (Å²) in [6, 6.07) is 5.88. The van der Waals surface area contributed by atoms with Gasteiger partial charge in [-0.05, 0) is 38.0 Å². The van der Waals surface area contributed by atoms with Crippen LogP contribution in [0.5, 0.6) is 0 Å². The summed E-state index contributed by atoms with van der Waals surface area (Å²) in [5.41, 5.74) is 2.76. The molecule has 0 spiro atoms. The lowest BCUT2D eigenvalue weighted by atomic mass is 9.85. The first kappa shape index (κ1) is 19.9. The Morgan fingerprint density at radius 2 is 2.00 bits per heavy atom. The summed E-state index contributed by atoms with van der Waals surface area (Å²) in [5, 5.41) is 10.4. The molecule has 7 heteroatoms. The fourth-order valence-electron chi connectivity index (χ4n) is 3.23. The lowest BCUT2D eigenvalue weighted by molar-refractivity contribution is -0.589. The smallest absolute Gasteiger partial charge is 0.242 e. The third-order valence-corrected chi connectivity index (χ3v) is 4.88.